The lowest BCUT2D eigenvalue weighted by atomic mass is 10.1. The first kappa shape index (κ1) is 14.1. The number of hydrogen-bond donors (Lipinski definition) is 0. The summed E-state index contributed by atoms with van der Waals surface area (Å²) >= 11 is 0. The Morgan fingerprint density at radius 3 is 2.68 bits per heavy atom. The van der Waals surface area contributed by atoms with Gasteiger partial charge in [0.05, 0.1) is 18.4 Å². The number of aromatic nitrogens is 1. The molecule has 0 saturated heterocycles. The van der Waals surface area contributed by atoms with E-state index in [1.54, 1.807) is 29.0 Å². The van der Waals surface area contributed by atoms with Crippen LogP contribution in [0.1, 0.15) is 11.1 Å². The molecule has 0 aliphatic heterocycles. The zero-order valence-corrected chi connectivity index (χ0v) is 12.0. The van der Waals surface area contributed by atoms with Crippen molar-refractivity contribution in [3.05, 3.63) is 65.8 Å². The normalized spacial score (nSPS) is 10.6. The van der Waals surface area contributed by atoms with Crippen LogP contribution >= 0.6 is 0 Å². The second-order valence-corrected chi connectivity index (χ2v) is 4.94. The molecule has 2 aromatic heterocycles. The monoisotopic (exact) mass is 299 g/mol. The Kier molecular flexibility index (Phi) is 3.78. The van der Waals surface area contributed by atoms with Gasteiger partial charge in [-0.3, -0.25) is 4.79 Å². The maximum Gasteiger partial charge on any atom is 0.299 e. The Labute approximate surface area is 126 Å². The third-order valence-corrected chi connectivity index (χ3v) is 3.41. The van der Waals surface area contributed by atoms with Crippen LogP contribution in [0.5, 0.6) is 5.88 Å². The predicted octanol–water partition coefficient (Wildman–Crippen LogP) is 3.78. The van der Waals surface area contributed by atoms with E-state index in [4.69, 9.17) is 9.15 Å². The summed E-state index contributed by atoms with van der Waals surface area (Å²) in [4.78, 5) is 10.8. The van der Waals surface area contributed by atoms with Gasteiger partial charge in [-0.25, -0.2) is 4.39 Å². The van der Waals surface area contributed by atoms with E-state index in [-0.39, 0.29) is 5.82 Å². The molecule has 0 saturated carbocycles. The first-order valence-corrected chi connectivity index (χ1v) is 6.77. The molecule has 0 aliphatic rings. The van der Waals surface area contributed by atoms with Crippen LogP contribution in [0, 0.1) is 12.7 Å². The standard InChI is InChI=1S/C17H14FNO3/c1-12-9-19(10-13-4-6-14(18)7-5-13)17(22-11-20)16(12)15-3-2-8-21-15/h2-9,11H,10H2,1H3. The van der Waals surface area contributed by atoms with Gasteiger partial charge in [0.1, 0.15) is 11.6 Å². The van der Waals surface area contributed by atoms with Gasteiger partial charge in [0.25, 0.3) is 6.47 Å². The second kappa shape index (κ2) is 5.89. The van der Waals surface area contributed by atoms with E-state index >= 15 is 0 Å². The highest BCUT2D eigenvalue weighted by atomic mass is 19.1. The van der Waals surface area contributed by atoms with E-state index in [0.29, 0.717) is 24.7 Å². The number of hydrogen-bond acceptors (Lipinski definition) is 3. The lowest BCUT2D eigenvalue weighted by Gasteiger charge is -2.08. The van der Waals surface area contributed by atoms with Gasteiger partial charge in [-0.05, 0) is 42.3 Å². The summed E-state index contributed by atoms with van der Waals surface area (Å²) < 4.78 is 25.4. The molecular weight excluding hydrogens is 285 g/mol. The minimum Gasteiger partial charge on any atom is -0.464 e. The van der Waals surface area contributed by atoms with Gasteiger partial charge >= 0.3 is 0 Å². The van der Waals surface area contributed by atoms with Crippen LogP contribution in [0.4, 0.5) is 4.39 Å². The van der Waals surface area contributed by atoms with Crippen molar-refractivity contribution < 1.29 is 18.3 Å². The molecule has 2 heterocycles. The first-order valence-electron chi connectivity index (χ1n) is 6.77. The summed E-state index contributed by atoms with van der Waals surface area (Å²) in [7, 11) is 0. The summed E-state index contributed by atoms with van der Waals surface area (Å²) in [6, 6.07) is 9.78. The zero-order chi connectivity index (χ0) is 15.5. The molecule has 0 amide bonds. The van der Waals surface area contributed by atoms with Gasteiger partial charge < -0.3 is 13.7 Å². The summed E-state index contributed by atoms with van der Waals surface area (Å²) in [5.74, 6) is 0.757. The average Bonchev–Trinajstić information content (AvgIpc) is 3.11. The number of halogens is 1. The Morgan fingerprint density at radius 1 is 1.27 bits per heavy atom. The Morgan fingerprint density at radius 2 is 2.05 bits per heavy atom. The predicted molar refractivity (Wildman–Crippen MR) is 79.1 cm³/mol. The summed E-state index contributed by atoms with van der Waals surface area (Å²) in [6.45, 7) is 2.77. The Bertz CT molecular complexity index is 773. The largest absolute Gasteiger partial charge is 0.464 e. The maximum atomic E-state index is 13.0. The highest BCUT2D eigenvalue weighted by Crippen LogP contribution is 2.35. The van der Waals surface area contributed by atoms with Crippen molar-refractivity contribution in [1.82, 2.24) is 4.57 Å². The highest BCUT2D eigenvalue weighted by molar-refractivity contribution is 5.70. The van der Waals surface area contributed by atoms with Crippen molar-refractivity contribution in [3.63, 3.8) is 0 Å². The van der Waals surface area contributed by atoms with Gasteiger partial charge in [-0.15, -0.1) is 0 Å². The van der Waals surface area contributed by atoms with Crippen LogP contribution in [0.2, 0.25) is 0 Å². The SMILES string of the molecule is Cc1cn(Cc2ccc(F)cc2)c(OC=O)c1-c1ccco1. The van der Waals surface area contributed by atoms with Crippen molar-refractivity contribution in [1.29, 1.82) is 0 Å². The molecule has 0 N–H and O–H groups in total. The summed E-state index contributed by atoms with van der Waals surface area (Å²) in [5.41, 5.74) is 2.56. The minimum absolute atomic E-state index is 0.284. The van der Waals surface area contributed by atoms with Crippen LogP contribution in [-0.2, 0) is 11.3 Å². The summed E-state index contributed by atoms with van der Waals surface area (Å²) in [5, 5.41) is 0. The molecule has 22 heavy (non-hydrogen) atoms. The molecular formula is C17H14FNO3. The number of carbonyl (C=O) groups is 1. The van der Waals surface area contributed by atoms with E-state index in [2.05, 4.69) is 0 Å². The topological polar surface area (TPSA) is 44.4 Å². The van der Waals surface area contributed by atoms with E-state index in [0.717, 1.165) is 16.7 Å². The van der Waals surface area contributed by atoms with Crippen LogP contribution in [0.3, 0.4) is 0 Å². The number of ether oxygens (including phenoxy) is 1. The van der Waals surface area contributed by atoms with Gasteiger partial charge in [-0.2, -0.15) is 0 Å². The molecule has 0 fully saturated rings. The van der Waals surface area contributed by atoms with Crippen LogP contribution < -0.4 is 4.74 Å². The van der Waals surface area contributed by atoms with Gasteiger partial charge in [-0.1, -0.05) is 12.1 Å². The van der Waals surface area contributed by atoms with Crippen molar-refractivity contribution in [2.24, 2.45) is 0 Å². The van der Waals surface area contributed by atoms with E-state index < -0.39 is 0 Å². The van der Waals surface area contributed by atoms with Crippen molar-refractivity contribution >= 4 is 6.47 Å². The van der Waals surface area contributed by atoms with Gasteiger partial charge in [0.2, 0.25) is 5.88 Å². The van der Waals surface area contributed by atoms with Crippen LogP contribution in [-0.4, -0.2) is 11.0 Å². The Balaban J connectivity index is 2.02. The number of aryl methyl sites for hydroxylation is 1. The molecule has 4 nitrogen and oxygen atoms in total. The van der Waals surface area contributed by atoms with E-state index in [9.17, 15) is 9.18 Å². The average molecular weight is 299 g/mol. The van der Waals surface area contributed by atoms with Crippen molar-refractivity contribution in [3.8, 4) is 17.2 Å². The quantitative estimate of drug-likeness (QED) is 0.673. The van der Waals surface area contributed by atoms with E-state index in [1.807, 2.05) is 19.2 Å². The molecule has 0 bridgehead atoms. The number of nitrogens with zero attached hydrogens (tertiary/aromatic N) is 1. The highest BCUT2D eigenvalue weighted by Gasteiger charge is 2.19. The molecule has 3 aromatic rings. The lowest BCUT2D eigenvalue weighted by molar-refractivity contribution is -0.121. The summed E-state index contributed by atoms with van der Waals surface area (Å²) in [6.07, 6.45) is 3.44. The fourth-order valence-electron chi connectivity index (χ4n) is 2.47. The Hall–Kier alpha value is -2.82. The zero-order valence-electron chi connectivity index (χ0n) is 12.0. The molecule has 1 aromatic carbocycles. The van der Waals surface area contributed by atoms with Gasteiger partial charge in [0, 0.05) is 6.20 Å². The van der Waals surface area contributed by atoms with Crippen molar-refractivity contribution in [2.75, 3.05) is 0 Å². The molecule has 0 spiro atoms. The van der Waals surface area contributed by atoms with Crippen molar-refractivity contribution in [2.45, 2.75) is 13.5 Å². The third kappa shape index (κ3) is 2.65. The molecule has 0 radical (unpaired) electrons. The lowest BCUT2D eigenvalue weighted by Crippen LogP contribution is -2.03. The third-order valence-electron chi connectivity index (χ3n) is 3.41. The number of carbonyl (C=O) groups excluding carboxylic acids is 1. The maximum absolute atomic E-state index is 13.0. The number of furan rings is 1. The van der Waals surface area contributed by atoms with Crippen LogP contribution in [0.15, 0.2) is 53.3 Å². The fraction of sp³-hybridized carbons (Fsp3) is 0.118. The first-order chi connectivity index (χ1) is 10.7. The number of rotatable bonds is 5. The molecule has 0 aliphatic carbocycles. The fourth-order valence-corrected chi connectivity index (χ4v) is 2.47. The number of benzene rings is 1. The van der Waals surface area contributed by atoms with Gasteiger partial charge in [0.15, 0.2) is 0 Å². The van der Waals surface area contributed by atoms with Crippen LogP contribution in [0.25, 0.3) is 11.3 Å². The molecule has 0 atom stereocenters. The molecule has 5 heteroatoms. The molecule has 3 rings (SSSR count). The second-order valence-electron chi connectivity index (χ2n) is 4.94. The molecule has 112 valence electrons. The smallest absolute Gasteiger partial charge is 0.299 e. The van der Waals surface area contributed by atoms with E-state index in [1.165, 1.54) is 12.1 Å². The molecule has 0 unspecified atom stereocenters. The minimum atomic E-state index is -0.284.